The zero-order valence-corrected chi connectivity index (χ0v) is 12.4. The first-order valence-corrected chi connectivity index (χ1v) is 6.69. The van der Waals surface area contributed by atoms with E-state index in [-0.39, 0.29) is 18.4 Å². The molecule has 0 aromatic carbocycles. The van der Waals surface area contributed by atoms with E-state index in [2.05, 4.69) is 15.9 Å². The minimum atomic E-state index is -0.919. The molecule has 0 bridgehead atoms. The normalized spacial score (nSPS) is 12.6. The second kappa shape index (κ2) is 7.13. The molecule has 0 aliphatic heterocycles. The summed E-state index contributed by atoms with van der Waals surface area (Å²) >= 11 is 3.17. The summed E-state index contributed by atoms with van der Waals surface area (Å²) in [5.41, 5.74) is 0. The monoisotopic (exact) mass is 329 g/mol. The van der Waals surface area contributed by atoms with Crippen molar-refractivity contribution in [1.82, 2.24) is 4.90 Å². The molecule has 0 fully saturated rings. The van der Waals surface area contributed by atoms with Crippen molar-refractivity contribution in [2.24, 2.45) is 0 Å². The third kappa shape index (κ3) is 4.90. The number of halogens is 1. The van der Waals surface area contributed by atoms with Gasteiger partial charge >= 0.3 is 5.97 Å². The minimum Gasteiger partial charge on any atom is -0.481 e. The molecule has 0 aliphatic rings. The molecule has 1 rings (SSSR count). The van der Waals surface area contributed by atoms with Gasteiger partial charge in [0.2, 0.25) is 5.91 Å². The van der Waals surface area contributed by atoms with Gasteiger partial charge in [0.15, 0.2) is 4.67 Å². The number of furan rings is 1. The molecule has 1 heterocycles. The van der Waals surface area contributed by atoms with Gasteiger partial charge in [0.05, 0.1) is 6.42 Å². The van der Waals surface area contributed by atoms with Crippen LogP contribution in [0, 0.1) is 0 Å². The lowest BCUT2D eigenvalue weighted by atomic mass is 10.2. The van der Waals surface area contributed by atoms with E-state index in [0.717, 1.165) is 0 Å². The van der Waals surface area contributed by atoms with Gasteiger partial charge in [-0.1, -0.05) is 0 Å². The Bertz CT molecular complexity index is 481. The number of carboxylic acid groups (broad SMARTS) is 1. The van der Waals surface area contributed by atoms with E-state index in [9.17, 15) is 9.59 Å². The van der Waals surface area contributed by atoms with Crippen molar-refractivity contribution >= 4 is 33.9 Å². The van der Waals surface area contributed by atoms with Crippen LogP contribution >= 0.6 is 15.9 Å². The van der Waals surface area contributed by atoms with Gasteiger partial charge in [-0.25, -0.2) is 0 Å². The Kier molecular flexibility index (Phi) is 5.82. The molecule has 1 aromatic heterocycles. The number of hydrogen-bond acceptors (Lipinski definition) is 3. The van der Waals surface area contributed by atoms with Crippen LogP contribution < -0.4 is 0 Å². The summed E-state index contributed by atoms with van der Waals surface area (Å²) in [4.78, 5) is 24.1. The first-order valence-electron chi connectivity index (χ1n) is 5.89. The second-order valence-electron chi connectivity index (χ2n) is 4.05. The number of carbonyl (C=O) groups excluding carboxylic acids is 1. The lowest BCUT2D eigenvalue weighted by Gasteiger charge is -2.25. The molecule has 1 atom stereocenters. The lowest BCUT2D eigenvalue weighted by Crippen LogP contribution is -2.38. The number of hydrogen-bond donors (Lipinski definition) is 1. The fraction of sp³-hybridized carbons (Fsp3) is 0.385. The SMILES string of the molecule is CCN(C(=O)C=Cc1ccc(Br)o1)C(C)CC(=O)O. The first kappa shape index (κ1) is 15.5. The highest BCUT2D eigenvalue weighted by Crippen LogP contribution is 2.15. The van der Waals surface area contributed by atoms with Gasteiger partial charge in [0.25, 0.3) is 0 Å². The van der Waals surface area contributed by atoms with Gasteiger partial charge in [-0.15, -0.1) is 0 Å². The number of likely N-dealkylation sites (N-methyl/N-ethyl adjacent to an activating group) is 1. The average molecular weight is 330 g/mol. The third-order valence-corrected chi connectivity index (χ3v) is 3.04. The van der Waals surface area contributed by atoms with E-state index in [4.69, 9.17) is 9.52 Å². The molecule has 0 radical (unpaired) electrons. The molecule has 5 nitrogen and oxygen atoms in total. The van der Waals surface area contributed by atoms with E-state index >= 15 is 0 Å². The van der Waals surface area contributed by atoms with E-state index < -0.39 is 5.97 Å². The van der Waals surface area contributed by atoms with Crippen molar-refractivity contribution in [2.75, 3.05) is 6.54 Å². The fourth-order valence-electron chi connectivity index (χ4n) is 1.71. The van der Waals surface area contributed by atoms with Gasteiger partial charge in [0, 0.05) is 18.7 Å². The molecular formula is C13H16BrNO4. The topological polar surface area (TPSA) is 70.8 Å². The van der Waals surface area contributed by atoms with Crippen LogP contribution in [0.3, 0.4) is 0 Å². The van der Waals surface area contributed by atoms with Gasteiger partial charge in [-0.2, -0.15) is 0 Å². The van der Waals surface area contributed by atoms with Gasteiger partial charge in [-0.3, -0.25) is 9.59 Å². The van der Waals surface area contributed by atoms with E-state index in [1.165, 1.54) is 11.0 Å². The maximum Gasteiger partial charge on any atom is 0.305 e. The van der Waals surface area contributed by atoms with Crippen LogP contribution in [-0.2, 0) is 9.59 Å². The van der Waals surface area contributed by atoms with Gasteiger partial charge in [0.1, 0.15) is 5.76 Å². The maximum absolute atomic E-state index is 12.0. The number of carbonyl (C=O) groups is 2. The number of amides is 1. The van der Waals surface area contributed by atoms with Crippen molar-refractivity contribution in [3.05, 3.63) is 28.6 Å². The molecule has 1 N–H and O–H groups in total. The molecule has 0 saturated carbocycles. The first-order chi connectivity index (χ1) is 8.93. The molecule has 1 amide bonds. The summed E-state index contributed by atoms with van der Waals surface area (Å²) in [6, 6.07) is 3.11. The third-order valence-electron chi connectivity index (χ3n) is 2.61. The number of rotatable bonds is 6. The van der Waals surface area contributed by atoms with Crippen LogP contribution in [0.2, 0.25) is 0 Å². The maximum atomic E-state index is 12.0. The van der Waals surface area contributed by atoms with Crippen molar-refractivity contribution in [2.45, 2.75) is 26.3 Å². The average Bonchev–Trinajstić information content (AvgIpc) is 2.72. The Morgan fingerprint density at radius 2 is 2.21 bits per heavy atom. The largest absolute Gasteiger partial charge is 0.481 e. The Morgan fingerprint density at radius 3 is 2.68 bits per heavy atom. The molecule has 0 saturated heterocycles. The Balaban J connectivity index is 2.68. The Hall–Kier alpha value is -1.56. The summed E-state index contributed by atoms with van der Waals surface area (Å²) in [5.74, 6) is -0.594. The summed E-state index contributed by atoms with van der Waals surface area (Å²) in [7, 11) is 0. The number of nitrogens with zero attached hydrogens (tertiary/aromatic N) is 1. The molecule has 0 spiro atoms. The fourth-order valence-corrected chi connectivity index (χ4v) is 2.03. The zero-order chi connectivity index (χ0) is 14.4. The zero-order valence-electron chi connectivity index (χ0n) is 10.8. The lowest BCUT2D eigenvalue weighted by molar-refractivity contribution is -0.139. The van der Waals surface area contributed by atoms with Crippen LogP contribution in [-0.4, -0.2) is 34.5 Å². The standard InChI is InChI=1S/C13H16BrNO4/c1-3-15(9(2)8-13(17)18)12(16)7-5-10-4-6-11(14)19-10/h4-7,9H,3,8H2,1-2H3,(H,17,18). The van der Waals surface area contributed by atoms with Gasteiger partial charge in [-0.05, 0) is 48.0 Å². The van der Waals surface area contributed by atoms with Crippen LogP contribution in [0.1, 0.15) is 26.0 Å². The van der Waals surface area contributed by atoms with E-state index in [1.54, 1.807) is 25.1 Å². The smallest absolute Gasteiger partial charge is 0.305 e. The Morgan fingerprint density at radius 1 is 1.53 bits per heavy atom. The molecule has 0 aliphatic carbocycles. The molecule has 1 aromatic rings. The summed E-state index contributed by atoms with van der Waals surface area (Å²) in [6.07, 6.45) is 2.87. The van der Waals surface area contributed by atoms with Crippen molar-refractivity contribution < 1.29 is 19.1 Å². The van der Waals surface area contributed by atoms with E-state index in [1.807, 2.05) is 6.92 Å². The molecule has 1 unspecified atom stereocenters. The van der Waals surface area contributed by atoms with Crippen LogP contribution in [0.25, 0.3) is 6.08 Å². The summed E-state index contributed by atoms with van der Waals surface area (Å²) in [5, 5.41) is 8.74. The summed E-state index contributed by atoms with van der Waals surface area (Å²) in [6.45, 7) is 3.99. The predicted octanol–water partition coefficient (Wildman–Crippen LogP) is 2.77. The quantitative estimate of drug-likeness (QED) is 0.814. The molecule has 19 heavy (non-hydrogen) atoms. The molecular weight excluding hydrogens is 314 g/mol. The number of aliphatic carboxylic acids is 1. The second-order valence-corrected chi connectivity index (χ2v) is 4.83. The van der Waals surface area contributed by atoms with Crippen molar-refractivity contribution in [1.29, 1.82) is 0 Å². The van der Waals surface area contributed by atoms with Gasteiger partial charge < -0.3 is 14.4 Å². The minimum absolute atomic E-state index is 0.0697. The molecule has 6 heteroatoms. The van der Waals surface area contributed by atoms with Crippen LogP contribution in [0.5, 0.6) is 0 Å². The van der Waals surface area contributed by atoms with Crippen molar-refractivity contribution in [3.63, 3.8) is 0 Å². The molecule has 104 valence electrons. The highest BCUT2D eigenvalue weighted by Gasteiger charge is 2.18. The van der Waals surface area contributed by atoms with Crippen molar-refractivity contribution in [3.8, 4) is 0 Å². The van der Waals surface area contributed by atoms with Crippen LogP contribution in [0.15, 0.2) is 27.3 Å². The summed E-state index contributed by atoms with van der Waals surface area (Å²) < 4.78 is 5.83. The predicted molar refractivity (Wildman–Crippen MR) is 74.5 cm³/mol. The highest BCUT2D eigenvalue weighted by molar-refractivity contribution is 9.10. The van der Waals surface area contributed by atoms with Crippen LogP contribution in [0.4, 0.5) is 0 Å². The number of carboxylic acids is 1. The highest BCUT2D eigenvalue weighted by atomic mass is 79.9. The van der Waals surface area contributed by atoms with E-state index in [0.29, 0.717) is 17.0 Å². The Labute approximate surface area is 120 Å².